The van der Waals surface area contributed by atoms with Crippen LogP contribution in [0, 0.1) is 13.8 Å². The number of hydrogen-bond donors (Lipinski definition) is 2. The van der Waals surface area contributed by atoms with Crippen molar-refractivity contribution in [1.29, 1.82) is 0 Å². The van der Waals surface area contributed by atoms with Crippen LogP contribution in [0.25, 0.3) is 33.5 Å². The van der Waals surface area contributed by atoms with Gasteiger partial charge in [-0.15, -0.1) is 0 Å². The van der Waals surface area contributed by atoms with Crippen LogP contribution < -0.4 is 10.5 Å². The Balaban J connectivity index is 1.42. The second-order valence-electron chi connectivity index (χ2n) is 10.2. The molecule has 5 rings (SSSR count). The summed E-state index contributed by atoms with van der Waals surface area (Å²) in [5.41, 5.74) is 7.16. The SMILES string of the molecule is CCC(OC(=O)c1ccc2nc(-c3ccc(C)cc3)c(-c3ccc(C)cc3)nc2c1)C(=O)Nc1ccc(S(N)(=O)=O)cc1. The zero-order chi connectivity index (χ0) is 30.7. The molecule has 0 aliphatic carbocycles. The molecule has 43 heavy (non-hydrogen) atoms. The minimum Gasteiger partial charge on any atom is -0.449 e. The van der Waals surface area contributed by atoms with Crippen molar-refractivity contribution in [3.8, 4) is 22.5 Å². The number of anilines is 1. The van der Waals surface area contributed by atoms with Gasteiger partial charge in [-0.3, -0.25) is 4.79 Å². The first-order valence-electron chi connectivity index (χ1n) is 13.6. The Morgan fingerprint density at radius 1 is 0.791 bits per heavy atom. The maximum atomic E-state index is 13.2. The molecule has 218 valence electrons. The van der Waals surface area contributed by atoms with E-state index in [4.69, 9.17) is 19.8 Å². The number of nitrogens with one attached hydrogen (secondary N) is 1. The summed E-state index contributed by atoms with van der Waals surface area (Å²) in [5.74, 6) is -1.24. The van der Waals surface area contributed by atoms with Gasteiger partial charge in [0.15, 0.2) is 6.10 Å². The van der Waals surface area contributed by atoms with E-state index in [0.717, 1.165) is 27.9 Å². The molecule has 0 spiro atoms. The third kappa shape index (κ3) is 6.77. The number of aryl methyl sites for hydroxylation is 2. The topological polar surface area (TPSA) is 141 Å². The number of aromatic nitrogens is 2. The van der Waals surface area contributed by atoms with Gasteiger partial charge in [0, 0.05) is 16.8 Å². The van der Waals surface area contributed by atoms with E-state index in [1.807, 2.05) is 62.4 Å². The van der Waals surface area contributed by atoms with E-state index in [0.29, 0.717) is 22.4 Å². The highest BCUT2D eigenvalue weighted by molar-refractivity contribution is 7.89. The standard InChI is InChI=1S/C33H30N4O5S/c1-4-29(32(38)35-25-14-16-26(17-15-25)43(34,40)41)42-33(39)24-13-18-27-28(19-24)37-31(23-11-7-21(3)8-12-23)30(36-27)22-9-5-20(2)6-10-22/h5-19,29H,4H2,1-3H3,(H,35,38)(H2,34,40,41). The minimum absolute atomic E-state index is 0.0834. The normalized spacial score (nSPS) is 12.1. The molecule has 1 heterocycles. The summed E-state index contributed by atoms with van der Waals surface area (Å²) < 4.78 is 28.5. The smallest absolute Gasteiger partial charge is 0.338 e. The van der Waals surface area contributed by atoms with Crippen molar-refractivity contribution in [2.24, 2.45) is 5.14 Å². The van der Waals surface area contributed by atoms with Gasteiger partial charge in [0.25, 0.3) is 5.91 Å². The third-order valence-corrected chi connectivity index (χ3v) is 7.84. The number of carbonyl (C=O) groups is 2. The predicted molar refractivity (Wildman–Crippen MR) is 166 cm³/mol. The molecule has 0 saturated carbocycles. The van der Waals surface area contributed by atoms with Crippen LogP contribution in [0.5, 0.6) is 0 Å². The molecule has 0 aliphatic rings. The monoisotopic (exact) mass is 594 g/mol. The summed E-state index contributed by atoms with van der Waals surface area (Å²) in [6, 6.07) is 26.4. The van der Waals surface area contributed by atoms with Crippen LogP contribution in [0.4, 0.5) is 5.69 Å². The van der Waals surface area contributed by atoms with Crippen molar-refractivity contribution >= 4 is 38.6 Å². The Morgan fingerprint density at radius 2 is 1.33 bits per heavy atom. The van der Waals surface area contributed by atoms with Crippen LogP contribution in [0.15, 0.2) is 95.9 Å². The van der Waals surface area contributed by atoms with Crippen molar-refractivity contribution in [1.82, 2.24) is 9.97 Å². The lowest BCUT2D eigenvalue weighted by Crippen LogP contribution is -2.32. The number of esters is 1. The lowest BCUT2D eigenvalue weighted by molar-refractivity contribution is -0.124. The average Bonchev–Trinajstić information content (AvgIpc) is 2.99. The van der Waals surface area contributed by atoms with Crippen LogP contribution in [0.2, 0.25) is 0 Å². The summed E-state index contributed by atoms with van der Waals surface area (Å²) in [7, 11) is -3.86. The molecular formula is C33H30N4O5S. The van der Waals surface area contributed by atoms with Gasteiger partial charge in [-0.1, -0.05) is 66.6 Å². The quantitative estimate of drug-likeness (QED) is 0.216. The van der Waals surface area contributed by atoms with Gasteiger partial charge < -0.3 is 10.1 Å². The Bertz CT molecular complexity index is 1920. The van der Waals surface area contributed by atoms with Crippen LogP contribution in [0.1, 0.15) is 34.8 Å². The fourth-order valence-corrected chi connectivity index (χ4v) is 4.99. The Hall–Kier alpha value is -4.93. The molecule has 1 aromatic heterocycles. The van der Waals surface area contributed by atoms with Gasteiger partial charge in [0.2, 0.25) is 10.0 Å². The van der Waals surface area contributed by atoms with E-state index in [-0.39, 0.29) is 16.9 Å². The van der Waals surface area contributed by atoms with E-state index in [2.05, 4.69) is 5.32 Å². The van der Waals surface area contributed by atoms with Crippen LogP contribution in [0.3, 0.4) is 0 Å². The number of rotatable bonds is 8. The maximum absolute atomic E-state index is 13.2. The number of sulfonamides is 1. The van der Waals surface area contributed by atoms with Gasteiger partial charge in [-0.25, -0.2) is 28.3 Å². The van der Waals surface area contributed by atoms with Crippen LogP contribution >= 0.6 is 0 Å². The molecule has 10 heteroatoms. The highest BCUT2D eigenvalue weighted by Crippen LogP contribution is 2.32. The van der Waals surface area contributed by atoms with Gasteiger partial charge in [-0.2, -0.15) is 0 Å². The summed E-state index contributed by atoms with van der Waals surface area (Å²) in [4.78, 5) is 35.8. The number of benzene rings is 4. The molecule has 4 aromatic carbocycles. The molecule has 5 aromatic rings. The van der Waals surface area contributed by atoms with E-state index >= 15 is 0 Å². The van der Waals surface area contributed by atoms with Crippen molar-refractivity contribution in [2.75, 3.05) is 5.32 Å². The van der Waals surface area contributed by atoms with E-state index < -0.39 is 28.0 Å². The zero-order valence-corrected chi connectivity index (χ0v) is 24.7. The summed E-state index contributed by atoms with van der Waals surface area (Å²) in [6.07, 6.45) is -0.864. The fourth-order valence-electron chi connectivity index (χ4n) is 4.48. The molecule has 3 N–H and O–H groups in total. The van der Waals surface area contributed by atoms with Gasteiger partial charge in [0.05, 0.1) is 32.9 Å². The largest absolute Gasteiger partial charge is 0.449 e. The minimum atomic E-state index is -3.86. The van der Waals surface area contributed by atoms with Crippen LogP contribution in [-0.4, -0.2) is 36.4 Å². The number of fused-ring (bicyclic) bond motifs is 1. The molecule has 0 radical (unpaired) electrons. The lowest BCUT2D eigenvalue weighted by atomic mass is 10.0. The summed E-state index contributed by atoms with van der Waals surface area (Å²) in [6.45, 7) is 5.76. The number of nitrogens with two attached hydrogens (primary N) is 1. The summed E-state index contributed by atoms with van der Waals surface area (Å²) >= 11 is 0. The van der Waals surface area contributed by atoms with Crippen LogP contribution in [-0.2, 0) is 19.6 Å². The van der Waals surface area contributed by atoms with Crippen molar-refractivity contribution in [3.05, 3.63) is 108 Å². The van der Waals surface area contributed by atoms with E-state index in [1.54, 1.807) is 25.1 Å². The highest BCUT2D eigenvalue weighted by Gasteiger charge is 2.23. The van der Waals surface area contributed by atoms with Crippen molar-refractivity contribution in [3.63, 3.8) is 0 Å². The first-order valence-corrected chi connectivity index (χ1v) is 15.2. The lowest BCUT2D eigenvalue weighted by Gasteiger charge is -2.16. The Kier molecular flexibility index (Phi) is 8.33. The second-order valence-corrected chi connectivity index (χ2v) is 11.8. The van der Waals surface area contributed by atoms with Crippen molar-refractivity contribution < 1.29 is 22.7 Å². The number of nitrogens with zero attached hydrogens (tertiary/aromatic N) is 2. The van der Waals surface area contributed by atoms with Gasteiger partial charge >= 0.3 is 5.97 Å². The zero-order valence-electron chi connectivity index (χ0n) is 23.9. The van der Waals surface area contributed by atoms with Gasteiger partial charge in [0.1, 0.15) is 0 Å². The summed E-state index contributed by atoms with van der Waals surface area (Å²) in [5, 5.41) is 7.76. The van der Waals surface area contributed by atoms with Gasteiger partial charge in [-0.05, 0) is 62.7 Å². The number of carbonyl (C=O) groups excluding carboxylic acids is 2. The maximum Gasteiger partial charge on any atom is 0.338 e. The number of ether oxygens (including phenoxy) is 1. The Labute approximate surface area is 249 Å². The number of primary sulfonamides is 1. The first-order chi connectivity index (χ1) is 20.5. The van der Waals surface area contributed by atoms with E-state index in [1.165, 1.54) is 24.3 Å². The molecule has 0 fully saturated rings. The van der Waals surface area contributed by atoms with Crippen molar-refractivity contribution in [2.45, 2.75) is 38.2 Å². The highest BCUT2D eigenvalue weighted by atomic mass is 32.2. The van der Waals surface area contributed by atoms with E-state index in [9.17, 15) is 18.0 Å². The first kappa shape index (κ1) is 29.6. The number of amides is 1. The molecule has 0 bridgehead atoms. The fraction of sp³-hybridized carbons (Fsp3) is 0.152. The second kappa shape index (κ2) is 12.1. The molecule has 9 nitrogen and oxygen atoms in total. The Morgan fingerprint density at radius 3 is 1.84 bits per heavy atom. The molecule has 1 amide bonds. The predicted octanol–water partition coefficient (Wildman–Crippen LogP) is 5.80. The molecule has 0 aliphatic heterocycles. The number of hydrogen-bond acceptors (Lipinski definition) is 7. The molecule has 1 atom stereocenters. The average molecular weight is 595 g/mol. The molecule has 1 unspecified atom stereocenters. The molecule has 0 saturated heterocycles. The third-order valence-electron chi connectivity index (χ3n) is 6.91. The molecular weight excluding hydrogens is 564 g/mol.